The monoisotopic (exact) mass is 433 g/mol. The molecule has 0 atom stereocenters. The lowest BCUT2D eigenvalue weighted by molar-refractivity contribution is -0.137. The van der Waals surface area contributed by atoms with Gasteiger partial charge in [0, 0.05) is 33.1 Å². The number of hydrogen-bond acceptors (Lipinski definition) is 5. The van der Waals surface area contributed by atoms with Crippen molar-refractivity contribution in [2.75, 3.05) is 33.3 Å². The molecule has 0 saturated carbocycles. The zero-order valence-electron chi connectivity index (χ0n) is 17.2. The second kappa shape index (κ2) is 8.13. The molecule has 9 heteroatoms. The minimum absolute atomic E-state index is 0.00442. The summed E-state index contributed by atoms with van der Waals surface area (Å²) in [5.74, 6) is 1.80. The van der Waals surface area contributed by atoms with Crippen LogP contribution in [0.2, 0.25) is 0 Å². The summed E-state index contributed by atoms with van der Waals surface area (Å²) in [6.45, 7) is 3.76. The lowest BCUT2D eigenvalue weighted by atomic mass is 10.1. The van der Waals surface area contributed by atoms with Gasteiger partial charge in [0.25, 0.3) is 0 Å². The maximum atomic E-state index is 13.3. The summed E-state index contributed by atoms with van der Waals surface area (Å²) in [5.41, 5.74) is -0.0619. The van der Waals surface area contributed by atoms with Crippen LogP contribution in [0.3, 0.4) is 0 Å². The fourth-order valence-electron chi connectivity index (χ4n) is 3.75. The number of fused-ring (bicyclic) bond motifs is 2. The summed E-state index contributed by atoms with van der Waals surface area (Å²) in [4.78, 5) is 20.2. The van der Waals surface area contributed by atoms with E-state index in [-0.39, 0.29) is 17.3 Å². The van der Waals surface area contributed by atoms with Crippen LogP contribution >= 0.6 is 0 Å². The van der Waals surface area contributed by atoms with Crippen molar-refractivity contribution in [3.8, 4) is 17.2 Å². The normalized spacial score (nSPS) is 16.4. The summed E-state index contributed by atoms with van der Waals surface area (Å²) in [5, 5.41) is 0. The molecule has 164 valence electrons. The number of alkyl halides is 3. The first-order valence-corrected chi connectivity index (χ1v) is 9.93. The molecule has 2 heterocycles. The molecule has 0 N–H and O–H groups in total. The molecule has 31 heavy (non-hydrogen) atoms. The summed E-state index contributed by atoms with van der Waals surface area (Å²) >= 11 is 0. The Morgan fingerprint density at radius 2 is 1.84 bits per heavy atom. The second-order valence-electron chi connectivity index (χ2n) is 7.43. The highest BCUT2D eigenvalue weighted by molar-refractivity contribution is 6.04. The Morgan fingerprint density at radius 3 is 2.55 bits per heavy atom. The van der Waals surface area contributed by atoms with E-state index in [1.165, 1.54) is 20.1 Å². The van der Waals surface area contributed by atoms with Gasteiger partial charge in [-0.05, 0) is 42.8 Å². The predicted molar refractivity (Wildman–Crippen MR) is 109 cm³/mol. The fraction of sp³-hybridized carbons (Fsp3) is 0.364. The van der Waals surface area contributed by atoms with Crippen molar-refractivity contribution in [2.24, 2.45) is 4.99 Å². The molecule has 2 aliphatic heterocycles. The third-order valence-corrected chi connectivity index (χ3v) is 5.40. The van der Waals surface area contributed by atoms with Crippen LogP contribution in [0.5, 0.6) is 17.2 Å². The van der Waals surface area contributed by atoms with Crippen LogP contribution < -0.4 is 9.47 Å². The average molecular weight is 433 g/mol. The van der Waals surface area contributed by atoms with Crippen molar-refractivity contribution in [3.05, 3.63) is 47.5 Å². The molecule has 0 bridgehead atoms. The number of rotatable bonds is 1. The molecule has 0 unspecified atom stereocenters. The van der Waals surface area contributed by atoms with Crippen molar-refractivity contribution in [3.63, 3.8) is 0 Å². The molecule has 0 aliphatic carbocycles. The number of carbonyl (C=O) groups is 1. The summed E-state index contributed by atoms with van der Waals surface area (Å²) in [6, 6.07) is 8.48. The van der Waals surface area contributed by atoms with Crippen molar-refractivity contribution >= 4 is 17.4 Å². The SMILES string of the molecule is COc1ccc2c(c1)C(N1CCCN(C(C)=O)CC1)=Nc1cc(C(F)(F)F)ccc1O2. The molecule has 1 fully saturated rings. The number of benzene rings is 2. The standard InChI is InChI=1S/C22H22F3N3O3/c1-14(29)27-8-3-9-28(11-10-27)21-17-13-16(30-2)5-7-19(17)31-20-6-4-15(22(23,24)25)12-18(20)26-21/h4-7,12-13H,3,8-11H2,1-2H3. The summed E-state index contributed by atoms with van der Waals surface area (Å²) in [6.07, 6.45) is -3.77. The van der Waals surface area contributed by atoms with E-state index >= 15 is 0 Å². The first kappa shape index (κ1) is 21.0. The minimum Gasteiger partial charge on any atom is -0.497 e. The lowest BCUT2D eigenvalue weighted by Crippen LogP contribution is -2.37. The Bertz CT molecular complexity index is 1040. The van der Waals surface area contributed by atoms with Crippen LogP contribution in [0.1, 0.15) is 24.5 Å². The van der Waals surface area contributed by atoms with E-state index in [0.29, 0.717) is 55.5 Å². The van der Waals surface area contributed by atoms with Crippen molar-refractivity contribution in [2.45, 2.75) is 19.5 Å². The molecule has 6 nitrogen and oxygen atoms in total. The average Bonchev–Trinajstić information content (AvgIpc) is 3.07. The van der Waals surface area contributed by atoms with Crippen LogP contribution in [0, 0.1) is 0 Å². The third kappa shape index (κ3) is 4.30. The first-order chi connectivity index (χ1) is 14.8. The van der Waals surface area contributed by atoms with Gasteiger partial charge in [-0.3, -0.25) is 4.79 Å². The minimum atomic E-state index is -4.49. The number of ether oxygens (including phenoxy) is 2. The van der Waals surface area contributed by atoms with Gasteiger partial charge in [-0.1, -0.05) is 0 Å². The van der Waals surface area contributed by atoms with Gasteiger partial charge in [0.15, 0.2) is 5.75 Å². The number of amidine groups is 1. The number of methoxy groups -OCH3 is 1. The molecule has 1 saturated heterocycles. The predicted octanol–water partition coefficient (Wildman–Crippen LogP) is 4.45. The Kier molecular flexibility index (Phi) is 5.51. The largest absolute Gasteiger partial charge is 0.497 e. The molecular formula is C22H22F3N3O3. The van der Waals surface area contributed by atoms with E-state index in [4.69, 9.17) is 9.47 Å². The first-order valence-electron chi connectivity index (χ1n) is 9.93. The Hall–Kier alpha value is -3.23. The molecule has 2 aromatic rings. The topological polar surface area (TPSA) is 54.4 Å². The zero-order valence-corrected chi connectivity index (χ0v) is 17.2. The second-order valence-corrected chi connectivity index (χ2v) is 7.43. The van der Waals surface area contributed by atoms with Gasteiger partial charge in [0.2, 0.25) is 5.91 Å². The summed E-state index contributed by atoms with van der Waals surface area (Å²) < 4.78 is 51.2. The van der Waals surface area contributed by atoms with E-state index < -0.39 is 11.7 Å². The Labute approximate surface area is 177 Å². The van der Waals surface area contributed by atoms with Gasteiger partial charge in [-0.15, -0.1) is 0 Å². The van der Waals surface area contributed by atoms with Gasteiger partial charge >= 0.3 is 6.18 Å². The molecule has 1 amide bonds. The lowest BCUT2D eigenvalue weighted by Gasteiger charge is -2.25. The maximum absolute atomic E-state index is 13.3. The van der Waals surface area contributed by atoms with E-state index in [0.717, 1.165) is 12.1 Å². The number of hydrogen-bond donors (Lipinski definition) is 0. The smallest absolute Gasteiger partial charge is 0.416 e. The zero-order chi connectivity index (χ0) is 22.2. The van der Waals surface area contributed by atoms with Crippen molar-refractivity contribution in [1.82, 2.24) is 9.80 Å². The molecule has 0 aromatic heterocycles. The van der Waals surface area contributed by atoms with Crippen LogP contribution in [-0.2, 0) is 11.0 Å². The van der Waals surface area contributed by atoms with Gasteiger partial charge in [0.1, 0.15) is 23.0 Å². The van der Waals surface area contributed by atoms with E-state index in [1.807, 2.05) is 4.90 Å². The fourth-order valence-corrected chi connectivity index (χ4v) is 3.75. The van der Waals surface area contributed by atoms with Crippen molar-refractivity contribution < 1.29 is 27.4 Å². The summed E-state index contributed by atoms with van der Waals surface area (Å²) in [7, 11) is 1.54. The quantitative estimate of drug-likeness (QED) is 0.667. The number of nitrogens with zero attached hydrogens (tertiary/aromatic N) is 3. The molecule has 2 aromatic carbocycles. The molecule has 2 aliphatic rings. The van der Waals surface area contributed by atoms with Gasteiger partial charge in [-0.2, -0.15) is 13.2 Å². The van der Waals surface area contributed by atoms with E-state index in [1.54, 1.807) is 23.1 Å². The number of carbonyl (C=O) groups excluding carboxylic acids is 1. The van der Waals surface area contributed by atoms with Crippen LogP contribution in [0.15, 0.2) is 41.4 Å². The Morgan fingerprint density at radius 1 is 1.06 bits per heavy atom. The highest BCUT2D eigenvalue weighted by atomic mass is 19.4. The molecular weight excluding hydrogens is 411 g/mol. The van der Waals surface area contributed by atoms with Gasteiger partial charge in [-0.25, -0.2) is 4.99 Å². The number of halogens is 3. The highest BCUT2D eigenvalue weighted by Gasteiger charge is 2.32. The van der Waals surface area contributed by atoms with E-state index in [9.17, 15) is 18.0 Å². The van der Waals surface area contributed by atoms with E-state index in [2.05, 4.69) is 4.99 Å². The van der Waals surface area contributed by atoms with Crippen LogP contribution in [0.4, 0.5) is 18.9 Å². The van der Waals surface area contributed by atoms with Gasteiger partial charge < -0.3 is 19.3 Å². The van der Waals surface area contributed by atoms with Crippen LogP contribution in [-0.4, -0.2) is 54.8 Å². The molecule has 0 spiro atoms. The van der Waals surface area contributed by atoms with Crippen molar-refractivity contribution in [1.29, 1.82) is 0 Å². The highest BCUT2D eigenvalue weighted by Crippen LogP contribution is 2.42. The third-order valence-electron chi connectivity index (χ3n) is 5.40. The maximum Gasteiger partial charge on any atom is 0.416 e. The molecule has 4 rings (SSSR count). The number of amides is 1. The molecule has 0 radical (unpaired) electrons. The van der Waals surface area contributed by atoms with Crippen LogP contribution in [0.25, 0.3) is 0 Å². The number of aliphatic imine (C=N–C) groups is 1. The van der Waals surface area contributed by atoms with Gasteiger partial charge in [0.05, 0.1) is 18.2 Å². The Balaban J connectivity index is 1.82.